The number of hydrogen-bond acceptors (Lipinski definition) is 6. The number of carbonyl (C=O) groups excluding carboxylic acids is 2. The van der Waals surface area contributed by atoms with Gasteiger partial charge in [-0.25, -0.2) is 0 Å². The highest BCUT2D eigenvalue weighted by Crippen LogP contribution is 2.21. The summed E-state index contributed by atoms with van der Waals surface area (Å²) in [5, 5.41) is 8.87. The molecule has 1 atom stereocenters. The summed E-state index contributed by atoms with van der Waals surface area (Å²) in [6.07, 6.45) is 1.88. The molecule has 5 rings (SSSR count). The van der Waals surface area contributed by atoms with E-state index in [4.69, 9.17) is 4.74 Å². The molecule has 2 aliphatic rings. The van der Waals surface area contributed by atoms with Crippen molar-refractivity contribution in [3.63, 3.8) is 0 Å². The molecule has 0 aliphatic carbocycles. The highest BCUT2D eigenvalue weighted by atomic mass is 16.5. The van der Waals surface area contributed by atoms with E-state index in [9.17, 15) is 9.59 Å². The van der Waals surface area contributed by atoms with Gasteiger partial charge in [-0.2, -0.15) is 0 Å². The molecule has 2 aromatic carbocycles. The van der Waals surface area contributed by atoms with E-state index in [-0.39, 0.29) is 24.5 Å². The van der Waals surface area contributed by atoms with Gasteiger partial charge >= 0.3 is 0 Å². The predicted octanol–water partition coefficient (Wildman–Crippen LogP) is 3.73. The molecule has 0 N–H and O–H groups in total. The maximum Gasteiger partial charge on any atom is 0.254 e. The number of aryl methyl sites for hydroxylation is 2. The second-order valence-corrected chi connectivity index (χ2v) is 10.1. The van der Waals surface area contributed by atoms with Gasteiger partial charge in [-0.05, 0) is 50.5 Å². The Bertz CT molecular complexity index is 1250. The van der Waals surface area contributed by atoms with Crippen LogP contribution in [0.4, 0.5) is 5.82 Å². The molecule has 3 aromatic rings. The van der Waals surface area contributed by atoms with Gasteiger partial charge in [0.25, 0.3) is 5.91 Å². The third-order valence-electron chi connectivity index (χ3n) is 7.39. The zero-order chi connectivity index (χ0) is 26.5. The molecule has 2 amide bonds. The van der Waals surface area contributed by atoms with Crippen molar-refractivity contribution in [1.82, 2.24) is 20.0 Å². The summed E-state index contributed by atoms with van der Waals surface area (Å²) in [7, 11) is 0. The molecule has 38 heavy (non-hydrogen) atoms. The molecule has 198 valence electrons. The van der Waals surface area contributed by atoms with Gasteiger partial charge in [0, 0.05) is 50.5 Å². The third-order valence-corrected chi connectivity index (χ3v) is 7.39. The van der Waals surface area contributed by atoms with Gasteiger partial charge in [0.1, 0.15) is 6.54 Å². The Hall–Kier alpha value is -3.78. The SMILES string of the molecule is Cc1ccc(-c2ccc(N3CCN(C(=O)CN(CC4CCCO4)C(=O)c4ccccc4C)CC3)nn2)cc1. The van der Waals surface area contributed by atoms with Crippen LogP contribution in [0.5, 0.6) is 0 Å². The summed E-state index contributed by atoms with van der Waals surface area (Å²) in [5.74, 6) is 0.655. The van der Waals surface area contributed by atoms with E-state index in [0.29, 0.717) is 44.9 Å². The first kappa shape index (κ1) is 25.9. The molecule has 8 heteroatoms. The molecular formula is C30H35N5O3. The zero-order valence-electron chi connectivity index (χ0n) is 22.2. The molecule has 2 aliphatic heterocycles. The van der Waals surface area contributed by atoms with E-state index in [0.717, 1.165) is 35.5 Å². The lowest BCUT2D eigenvalue weighted by Crippen LogP contribution is -2.52. The highest BCUT2D eigenvalue weighted by Gasteiger charge is 2.29. The molecular weight excluding hydrogens is 478 g/mol. The number of hydrogen-bond donors (Lipinski definition) is 0. The number of ether oxygens (including phenoxy) is 1. The largest absolute Gasteiger partial charge is 0.376 e. The number of anilines is 1. The number of aromatic nitrogens is 2. The van der Waals surface area contributed by atoms with Crippen LogP contribution in [0.15, 0.2) is 60.7 Å². The molecule has 0 saturated carbocycles. The number of nitrogens with zero attached hydrogens (tertiary/aromatic N) is 5. The Morgan fingerprint density at radius 3 is 2.37 bits per heavy atom. The molecule has 0 radical (unpaired) electrons. The third kappa shape index (κ3) is 6.02. The van der Waals surface area contributed by atoms with Crippen molar-refractivity contribution in [2.75, 3.05) is 50.8 Å². The minimum Gasteiger partial charge on any atom is -0.376 e. The molecule has 0 bridgehead atoms. The quantitative estimate of drug-likeness (QED) is 0.479. The predicted molar refractivity (Wildman–Crippen MR) is 147 cm³/mol. The van der Waals surface area contributed by atoms with Gasteiger partial charge in [-0.3, -0.25) is 9.59 Å². The molecule has 2 saturated heterocycles. The minimum absolute atomic E-state index is 0.0194. The number of benzene rings is 2. The van der Waals surface area contributed by atoms with E-state index < -0.39 is 0 Å². The Morgan fingerprint density at radius 1 is 0.947 bits per heavy atom. The number of amides is 2. The first-order valence-electron chi connectivity index (χ1n) is 13.4. The van der Waals surface area contributed by atoms with E-state index in [1.54, 1.807) is 4.90 Å². The average molecular weight is 514 g/mol. The normalized spacial score (nSPS) is 17.5. The summed E-state index contributed by atoms with van der Waals surface area (Å²) < 4.78 is 5.79. The van der Waals surface area contributed by atoms with Crippen molar-refractivity contribution < 1.29 is 14.3 Å². The lowest BCUT2D eigenvalue weighted by Gasteiger charge is -2.36. The fourth-order valence-electron chi connectivity index (χ4n) is 5.06. The van der Waals surface area contributed by atoms with Gasteiger partial charge in [0.15, 0.2) is 5.82 Å². The van der Waals surface area contributed by atoms with Gasteiger partial charge in [0.2, 0.25) is 5.91 Å². The van der Waals surface area contributed by atoms with Crippen LogP contribution >= 0.6 is 0 Å². The minimum atomic E-state index is -0.116. The second kappa shape index (κ2) is 11.7. The molecule has 1 unspecified atom stereocenters. The van der Waals surface area contributed by atoms with Crippen molar-refractivity contribution in [2.24, 2.45) is 0 Å². The average Bonchev–Trinajstić information content (AvgIpc) is 3.46. The monoisotopic (exact) mass is 513 g/mol. The van der Waals surface area contributed by atoms with Crippen molar-refractivity contribution in [2.45, 2.75) is 32.8 Å². The maximum atomic E-state index is 13.4. The van der Waals surface area contributed by atoms with Crippen molar-refractivity contribution in [1.29, 1.82) is 0 Å². The summed E-state index contributed by atoms with van der Waals surface area (Å²) in [6, 6.07) is 19.8. The standard InChI is InChI=1S/C30H35N5O3/c1-22-9-11-24(12-10-22)27-13-14-28(32-31-27)33-15-17-34(18-16-33)29(36)21-35(20-25-7-5-19-38-25)30(37)26-8-4-3-6-23(26)2/h3-4,6,8-14,25H,5,7,15-21H2,1-2H3. The topological polar surface area (TPSA) is 78.9 Å². The van der Waals surface area contributed by atoms with Crippen LogP contribution in [0, 0.1) is 13.8 Å². The molecule has 0 spiro atoms. The summed E-state index contributed by atoms with van der Waals surface area (Å²) in [6.45, 7) is 7.67. The Morgan fingerprint density at radius 2 is 1.71 bits per heavy atom. The van der Waals surface area contributed by atoms with Crippen molar-refractivity contribution >= 4 is 17.6 Å². The van der Waals surface area contributed by atoms with Gasteiger partial charge in [-0.1, -0.05) is 48.0 Å². The van der Waals surface area contributed by atoms with Gasteiger partial charge in [0.05, 0.1) is 11.8 Å². The van der Waals surface area contributed by atoms with Crippen LogP contribution in [-0.2, 0) is 9.53 Å². The van der Waals surface area contributed by atoms with Crippen molar-refractivity contribution in [3.05, 3.63) is 77.4 Å². The van der Waals surface area contributed by atoms with E-state index in [1.165, 1.54) is 5.56 Å². The Kier molecular flexibility index (Phi) is 7.98. The Balaban J connectivity index is 1.20. The van der Waals surface area contributed by atoms with Crippen LogP contribution < -0.4 is 4.90 Å². The number of rotatable bonds is 7. The summed E-state index contributed by atoms with van der Waals surface area (Å²) >= 11 is 0. The first-order chi connectivity index (χ1) is 18.5. The van der Waals surface area contributed by atoms with Crippen LogP contribution in [-0.4, -0.2) is 83.8 Å². The Labute approximate surface area is 224 Å². The number of carbonyl (C=O) groups is 2. The number of piperazine rings is 1. The molecule has 3 heterocycles. The smallest absolute Gasteiger partial charge is 0.254 e. The maximum absolute atomic E-state index is 13.4. The fourth-order valence-corrected chi connectivity index (χ4v) is 5.06. The van der Waals surface area contributed by atoms with Gasteiger partial charge < -0.3 is 19.4 Å². The van der Waals surface area contributed by atoms with Crippen molar-refractivity contribution in [3.8, 4) is 11.3 Å². The molecule has 8 nitrogen and oxygen atoms in total. The fraction of sp³-hybridized carbons (Fsp3) is 0.400. The van der Waals surface area contributed by atoms with Gasteiger partial charge in [-0.15, -0.1) is 10.2 Å². The lowest BCUT2D eigenvalue weighted by atomic mass is 10.1. The summed E-state index contributed by atoms with van der Waals surface area (Å²) in [4.78, 5) is 32.4. The van der Waals surface area contributed by atoms with Crippen LogP contribution in [0.25, 0.3) is 11.3 Å². The zero-order valence-corrected chi connectivity index (χ0v) is 22.2. The van der Waals surface area contributed by atoms with Crippen LogP contribution in [0.3, 0.4) is 0 Å². The van der Waals surface area contributed by atoms with E-state index >= 15 is 0 Å². The summed E-state index contributed by atoms with van der Waals surface area (Å²) in [5.41, 5.74) is 4.63. The van der Waals surface area contributed by atoms with Crippen LogP contribution in [0.2, 0.25) is 0 Å². The molecule has 2 fully saturated rings. The second-order valence-electron chi connectivity index (χ2n) is 10.1. The first-order valence-corrected chi connectivity index (χ1v) is 13.4. The highest BCUT2D eigenvalue weighted by molar-refractivity contribution is 5.97. The van der Waals surface area contributed by atoms with Crippen LogP contribution in [0.1, 0.15) is 34.3 Å². The molecule has 1 aromatic heterocycles. The van der Waals surface area contributed by atoms with E-state index in [1.807, 2.05) is 48.2 Å². The lowest BCUT2D eigenvalue weighted by molar-refractivity contribution is -0.132. The van der Waals surface area contributed by atoms with E-state index in [2.05, 4.69) is 46.3 Å².